The molecule has 7 heteroatoms. The van der Waals surface area contributed by atoms with Crippen LogP contribution in [0.2, 0.25) is 0 Å². The maximum atomic E-state index is 13.2. The standard InChI is InChI=1S/C21H25N3O4/c1-13-6-7-16-15(10-13)21(25)24(9-5-8-22)20(23-16)14-11-17(26-2)19(28-4)18(12-14)27-3/h6-7,10-12H,5,8-9,22H2,1-4H3. The summed E-state index contributed by atoms with van der Waals surface area (Å²) in [5.41, 5.74) is 7.95. The van der Waals surface area contributed by atoms with Gasteiger partial charge < -0.3 is 19.9 Å². The van der Waals surface area contributed by atoms with Gasteiger partial charge in [-0.25, -0.2) is 4.98 Å². The molecule has 148 valence electrons. The summed E-state index contributed by atoms with van der Waals surface area (Å²) in [6.45, 7) is 2.90. The van der Waals surface area contributed by atoms with Gasteiger partial charge in [-0.3, -0.25) is 9.36 Å². The van der Waals surface area contributed by atoms with E-state index in [1.54, 1.807) is 38.0 Å². The molecule has 0 saturated carbocycles. The molecule has 0 saturated heterocycles. The Hall–Kier alpha value is -3.06. The van der Waals surface area contributed by atoms with Crippen molar-refractivity contribution in [2.75, 3.05) is 27.9 Å². The van der Waals surface area contributed by atoms with Crippen LogP contribution in [0.25, 0.3) is 22.3 Å². The van der Waals surface area contributed by atoms with E-state index in [0.717, 1.165) is 5.56 Å². The molecule has 0 bridgehead atoms. The summed E-state index contributed by atoms with van der Waals surface area (Å²) in [6.07, 6.45) is 0.663. The lowest BCUT2D eigenvalue weighted by atomic mass is 10.1. The number of aromatic nitrogens is 2. The summed E-state index contributed by atoms with van der Waals surface area (Å²) in [7, 11) is 4.66. The monoisotopic (exact) mass is 383 g/mol. The highest BCUT2D eigenvalue weighted by atomic mass is 16.5. The molecule has 7 nitrogen and oxygen atoms in total. The highest BCUT2D eigenvalue weighted by Gasteiger charge is 2.18. The number of nitrogens with two attached hydrogens (primary N) is 1. The van der Waals surface area contributed by atoms with Gasteiger partial charge >= 0.3 is 0 Å². The largest absolute Gasteiger partial charge is 0.493 e. The highest BCUT2D eigenvalue weighted by Crippen LogP contribution is 2.40. The molecule has 3 aromatic rings. The van der Waals surface area contributed by atoms with Crippen LogP contribution in [-0.2, 0) is 6.54 Å². The summed E-state index contributed by atoms with van der Waals surface area (Å²) < 4.78 is 18.0. The van der Waals surface area contributed by atoms with E-state index in [1.807, 2.05) is 25.1 Å². The number of rotatable bonds is 7. The average molecular weight is 383 g/mol. The van der Waals surface area contributed by atoms with E-state index in [4.69, 9.17) is 24.9 Å². The second kappa shape index (κ2) is 8.31. The molecule has 0 fully saturated rings. The van der Waals surface area contributed by atoms with Crippen LogP contribution in [0.3, 0.4) is 0 Å². The van der Waals surface area contributed by atoms with Gasteiger partial charge in [-0.2, -0.15) is 0 Å². The number of methoxy groups -OCH3 is 3. The molecule has 0 amide bonds. The Morgan fingerprint density at radius 1 is 1.04 bits per heavy atom. The van der Waals surface area contributed by atoms with Crippen LogP contribution in [0.15, 0.2) is 35.1 Å². The number of nitrogens with zero attached hydrogens (tertiary/aromatic N) is 2. The summed E-state index contributed by atoms with van der Waals surface area (Å²) >= 11 is 0. The van der Waals surface area contributed by atoms with Gasteiger partial charge in [0.25, 0.3) is 5.56 Å². The smallest absolute Gasteiger partial charge is 0.261 e. The molecule has 0 aliphatic carbocycles. The summed E-state index contributed by atoms with van der Waals surface area (Å²) in [6, 6.07) is 9.26. The van der Waals surface area contributed by atoms with Gasteiger partial charge in [0.15, 0.2) is 11.5 Å². The SMILES string of the molecule is COc1cc(-c2nc3ccc(C)cc3c(=O)n2CCCN)cc(OC)c1OC. The summed E-state index contributed by atoms with van der Waals surface area (Å²) in [4.78, 5) is 18.0. The average Bonchev–Trinajstić information content (AvgIpc) is 2.72. The second-order valence-electron chi connectivity index (χ2n) is 6.47. The van der Waals surface area contributed by atoms with Gasteiger partial charge in [0.1, 0.15) is 5.82 Å². The number of benzene rings is 2. The van der Waals surface area contributed by atoms with Crippen LogP contribution >= 0.6 is 0 Å². The summed E-state index contributed by atoms with van der Waals surface area (Å²) in [5, 5.41) is 0.591. The first-order valence-electron chi connectivity index (χ1n) is 9.05. The first-order chi connectivity index (χ1) is 13.5. The quantitative estimate of drug-likeness (QED) is 0.675. The van der Waals surface area contributed by atoms with Gasteiger partial charge in [0.05, 0.1) is 32.2 Å². The predicted molar refractivity (Wildman–Crippen MR) is 110 cm³/mol. The highest BCUT2D eigenvalue weighted by molar-refractivity contribution is 5.81. The first kappa shape index (κ1) is 19.7. The zero-order valence-electron chi connectivity index (χ0n) is 16.6. The molecule has 0 spiro atoms. The molecule has 0 aliphatic rings. The van der Waals surface area contributed by atoms with E-state index in [9.17, 15) is 4.79 Å². The number of hydrogen-bond acceptors (Lipinski definition) is 6. The minimum atomic E-state index is -0.0918. The molecule has 0 aliphatic heterocycles. The maximum Gasteiger partial charge on any atom is 0.261 e. The molecule has 0 unspecified atom stereocenters. The van der Waals surface area contributed by atoms with Crippen LogP contribution in [0.1, 0.15) is 12.0 Å². The van der Waals surface area contributed by atoms with Gasteiger partial charge in [-0.05, 0) is 44.2 Å². The fourth-order valence-corrected chi connectivity index (χ4v) is 3.22. The van der Waals surface area contributed by atoms with Crippen molar-refractivity contribution in [3.05, 3.63) is 46.2 Å². The Balaban J connectivity index is 2.32. The number of fused-ring (bicyclic) bond motifs is 1. The Morgan fingerprint density at radius 3 is 2.29 bits per heavy atom. The van der Waals surface area contributed by atoms with Gasteiger partial charge in [0.2, 0.25) is 5.75 Å². The number of ether oxygens (including phenoxy) is 3. The lowest BCUT2D eigenvalue weighted by molar-refractivity contribution is 0.324. The number of hydrogen-bond donors (Lipinski definition) is 1. The van der Waals surface area contributed by atoms with Crippen molar-refractivity contribution in [3.63, 3.8) is 0 Å². The third kappa shape index (κ3) is 3.53. The van der Waals surface area contributed by atoms with Crippen LogP contribution in [0, 0.1) is 6.92 Å². The van der Waals surface area contributed by atoms with Crippen molar-refractivity contribution in [2.24, 2.45) is 5.73 Å². The van der Waals surface area contributed by atoms with Crippen LogP contribution in [0.5, 0.6) is 17.2 Å². The Labute approximate surface area is 163 Å². The van der Waals surface area contributed by atoms with Crippen molar-refractivity contribution in [3.8, 4) is 28.6 Å². The van der Waals surface area contributed by atoms with E-state index in [2.05, 4.69) is 0 Å². The van der Waals surface area contributed by atoms with Crippen molar-refractivity contribution < 1.29 is 14.2 Å². The third-order valence-electron chi connectivity index (χ3n) is 4.62. The molecule has 2 aromatic carbocycles. The third-order valence-corrected chi connectivity index (χ3v) is 4.62. The van der Waals surface area contributed by atoms with Crippen molar-refractivity contribution in [2.45, 2.75) is 19.9 Å². The molecule has 1 heterocycles. The lowest BCUT2D eigenvalue weighted by Crippen LogP contribution is -2.25. The van der Waals surface area contributed by atoms with Crippen LogP contribution in [0.4, 0.5) is 0 Å². The van der Waals surface area contributed by atoms with Crippen LogP contribution < -0.4 is 25.5 Å². The molecule has 1 aromatic heterocycles. The maximum absolute atomic E-state index is 13.2. The molecular formula is C21H25N3O4. The van der Waals surface area contributed by atoms with Gasteiger partial charge in [-0.1, -0.05) is 11.6 Å². The first-order valence-corrected chi connectivity index (χ1v) is 9.05. The minimum absolute atomic E-state index is 0.0918. The van der Waals surface area contributed by atoms with E-state index >= 15 is 0 Å². The van der Waals surface area contributed by atoms with Crippen molar-refractivity contribution >= 4 is 10.9 Å². The Bertz CT molecular complexity index is 1030. The zero-order chi connectivity index (χ0) is 20.3. The van der Waals surface area contributed by atoms with Gasteiger partial charge in [-0.15, -0.1) is 0 Å². The lowest BCUT2D eigenvalue weighted by Gasteiger charge is -2.17. The van der Waals surface area contributed by atoms with E-state index in [-0.39, 0.29) is 5.56 Å². The molecule has 2 N–H and O–H groups in total. The normalized spacial score (nSPS) is 10.9. The van der Waals surface area contributed by atoms with Crippen molar-refractivity contribution in [1.29, 1.82) is 0 Å². The molecular weight excluding hydrogens is 358 g/mol. The topological polar surface area (TPSA) is 88.6 Å². The predicted octanol–water partition coefficient (Wildman–Crippen LogP) is 2.75. The fraction of sp³-hybridized carbons (Fsp3) is 0.333. The summed E-state index contributed by atoms with van der Waals surface area (Å²) in [5.74, 6) is 2.02. The molecule has 28 heavy (non-hydrogen) atoms. The molecule has 0 atom stereocenters. The van der Waals surface area contributed by atoms with Crippen LogP contribution in [-0.4, -0.2) is 37.4 Å². The van der Waals surface area contributed by atoms with E-state index in [1.165, 1.54) is 0 Å². The zero-order valence-corrected chi connectivity index (χ0v) is 16.6. The molecule has 0 radical (unpaired) electrons. The Morgan fingerprint density at radius 2 is 1.71 bits per heavy atom. The molecule has 3 rings (SSSR count). The van der Waals surface area contributed by atoms with E-state index < -0.39 is 0 Å². The number of aryl methyl sites for hydroxylation is 1. The fourth-order valence-electron chi connectivity index (χ4n) is 3.22. The van der Waals surface area contributed by atoms with Crippen molar-refractivity contribution in [1.82, 2.24) is 9.55 Å². The minimum Gasteiger partial charge on any atom is -0.493 e. The Kier molecular flexibility index (Phi) is 5.84. The van der Waals surface area contributed by atoms with Gasteiger partial charge in [0, 0.05) is 12.1 Å². The van der Waals surface area contributed by atoms with E-state index in [0.29, 0.717) is 59.0 Å². The second-order valence-corrected chi connectivity index (χ2v) is 6.47.